The molecule has 1 N–H and O–H groups in total. The predicted molar refractivity (Wildman–Crippen MR) is 81.3 cm³/mol. The van der Waals surface area contributed by atoms with Gasteiger partial charge in [-0.3, -0.25) is 0 Å². The van der Waals surface area contributed by atoms with E-state index < -0.39 is 0 Å². The highest BCUT2D eigenvalue weighted by Crippen LogP contribution is 2.13. The highest BCUT2D eigenvalue weighted by atomic mass is 32.1. The van der Waals surface area contributed by atoms with Crippen molar-refractivity contribution in [1.82, 2.24) is 10.3 Å². The first-order valence-corrected chi connectivity index (χ1v) is 7.73. The summed E-state index contributed by atoms with van der Waals surface area (Å²) in [6, 6.07) is 0.614. The molecular weight excluding hydrogens is 240 g/mol. The fourth-order valence-electron chi connectivity index (χ4n) is 1.89. The van der Waals surface area contributed by atoms with Crippen molar-refractivity contribution in [1.29, 1.82) is 0 Å². The summed E-state index contributed by atoms with van der Waals surface area (Å²) in [5.74, 6) is 0. The average Bonchev–Trinajstić information content (AvgIpc) is 2.70. The SMILES string of the molecule is CC(C)=CCCC(C)NCCCc1scnc1C. The molecule has 1 heterocycles. The minimum Gasteiger partial charge on any atom is -0.314 e. The zero-order chi connectivity index (χ0) is 13.4. The number of hydrogen-bond donors (Lipinski definition) is 1. The lowest BCUT2D eigenvalue weighted by Gasteiger charge is -2.12. The maximum Gasteiger partial charge on any atom is 0.0797 e. The van der Waals surface area contributed by atoms with E-state index in [2.05, 4.69) is 44.1 Å². The van der Waals surface area contributed by atoms with Gasteiger partial charge in [0.15, 0.2) is 0 Å². The monoisotopic (exact) mass is 266 g/mol. The summed E-state index contributed by atoms with van der Waals surface area (Å²) in [5, 5.41) is 3.59. The summed E-state index contributed by atoms with van der Waals surface area (Å²) >= 11 is 1.78. The van der Waals surface area contributed by atoms with Crippen molar-refractivity contribution in [2.24, 2.45) is 0 Å². The highest BCUT2D eigenvalue weighted by Gasteiger charge is 2.02. The van der Waals surface area contributed by atoms with Crippen LogP contribution in [-0.4, -0.2) is 17.6 Å². The maximum atomic E-state index is 4.28. The third kappa shape index (κ3) is 6.31. The number of hydrogen-bond acceptors (Lipinski definition) is 3. The molecule has 1 aromatic heterocycles. The molecule has 1 rings (SSSR count). The lowest BCUT2D eigenvalue weighted by atomic mass is 10.1. The molecule has 0 aliphatic heterocycles. The van der Waals surface area contributed by atoms with E-state index >= 15 is 0 Å². The van der Waals surface area contributed by atoms with Crippen LogP contribution >= 0.6 is 11.3 Å². The largest absolute Gasteiger partial charge is 0.314 e. The normalized spacial score (nSPS) is 12.4. The fourth-order valence-corrected chi connectivity index (χ4v) is 2.71. The summed E-state index contributed by atoms with van der Waals surface area (Å²) in [4.78, 5) is 5.72. The van der Waals surface area contributed by atoms with Crippen molar-refractivity contribution >= 4 is 11.3 Å². The Kier molecular flexibility index (Phi) is 7.21. The number of allylic oxidation sites excluding steroid dienone is 2. The minimum absolute atomic E-state index is 0.614. The van der Waals surface area contributed by atoms with Crippen molar-refractivity contribution in [3.63, 3.8) is 0 Å². The molecule has 0 amide bonds. The standard InChI is InChI=1S/C15H26N2S/c1-12(2)7-5-8-13(3)16-10-6-9-15-14(4)17-11-18-15/h7,11,13,16H,5-6,8-10H2,1-4H3. The zero-order valence-corrected chi connectivity index (χ0v) is 12.9. The topological polar surface area (TPSA) is 24.9 Å². The van der Waals surface area contributed by atoms with Gasteiger partial charge >= 0.3 is 0 Å². The highest BCUT2D eigenvalue weighted by molar-refractivity contribution is 7.09. The Bertz CT molecular complexity index is 364. The van der Waals surface area contributed by atoms with Gasteiger partial charge in [0.05, 0.1) is 11.2 Å². The Morgan fingerprint density at radius 2 is 2.28 bits per heavy atom. The molecule has 3 heteroatoms. The summed E-state index contributed by atoms with van der Waals surface area (Å²) in [5.41, 5.74) is 4.57. The Morgan fingerprint density at radius 1 is 1.50 bits per heavy atom. The zero-order valence-electron chi connectivity index (χ0n) is 12.1. The van der Waals surface area contributed by atoms with Crippen LogP contribution in [0.2, 0.25) is 0 Å². The van der Waals surface area contributed by atoms with Gasteiger partial charge < -0.3 is 5.32 Å². The summed E-state index contributed by atoms with van der Waals surface area (Å²) in [6.07, 6.45) is 7.09. The first-order valence-electron chi connectivity index (χ1n) is 6.85. The Balaban J connectivity index is 2.07. The van der Waals surface area contributed by atoms with E-state index in [0.29, 0.717) is 6.04 Å². The molecule has 0 saturated carbocycles. The van der Waals surface area contributed by atoms with Gasteiger partial charge in [-0.05, 0) is 59.9 Å². The third-order valence-corrected chi connectivity index (χ3v) is 4.07. The van der Waals surface area contributed by atoms with Crippen LogP contribution in [0.4, 0.5) is 0 Å². The van der Waals surface area contributed by atoms with Crippen LogP contribution in [0, 0.1) is 6.92 Å². The fraction of sp³-hybridized carbons (Fsp3) is 0.667. The predicted octanol–water partition coefficient (Wildman–Crippen LogP) is 4.11. The van der Waals surface area contributed by atoms with Crippen LogP contribution in [0.3, 0.4) is 0 Å². The Hall–Kier alpha value is -0.670. The van der Waals surface area contributed by atoms with E-state index in [-0.39, 0.29) is 0 Å². The molecule has 1 aromatic rings. The summed E-state index contributed by atoms with van der Waals surface area (Å²) in [6.45, 7) is 9.80. The van der Waals surface area contributed by atoms with E-state index in [1.165, 1.54) is 35.4 Å². The van der Waals surface area contributed by atoms with Crippen molar-refractivity contribution in [3.8, 4) is 0 Å². The number of aromatic nitrogens is 1. The third-order valence-electron chi connectivity index (χ3n) is 3.07. The lowest BCUT2D eigenvalue weighted by Crippen LogP contribution is -2.27. The van der Waals surface area contributed by atoms with Gasteiger partial charge in [0.25, 0.3) is 0 Å². The number of rotatable bonds is 8. The van der Waals surface area contributed by atoms with Crippen molar-refractivity contribution in [3.05, 3.63) is 27.7 Å². The second kappa shape index (κ2) is 8.44. The van der Waals surface area contributed by atoms with E-state index in [9.17, 15) is 0 Å². The van der Waals surface area contributed by atoms with Gasteiger partial charge in [-0.15, -0.1) is 11.3 Å². The Morgan fingerprint density at radius 3 is 2.89 bits per heavy atom. The number of aryl methyl sites for hydroxylation is 2. The molecule has 0 saturated heterocycles. The number of nitrogens with zero attached hydrogens (tertiary/aromatic N) is 1. The van der Waals surface area contributed by atoms with E-state index in [4.69, 9.17) is 0 Å². The molecule has 102 valence electrons. The van der Waals surface area contributed by atoms with Crippen LogP contribution in [-0.2, 0) is 6.42 Å². The molecule has 0 bridgehead atoms. The van der Waals surface area contributed by atoms with E-state index in [1.807, 2.05) is 5.51 Å². The van der Waals surface area contributed by atoms with E-state index in [1.54, 1.807) is 11.3 Å². The molecular formula is C15H26N2S. The molecule has 1 atom stereocenters. The molecule has 0 aliphatic rings. The maximum absolute atomic E-state index is 4.28. The Labute approximate surface area is 116 Å². The quantitative estimate of drug-likeness (QED) is 0.566. The summed E-state index contributed by atoms with van der Waals surface area (Å²) in [7, 11) is 0. The van der Waals surface area contributed by atoms with Crippen molar-refractivity contribution < 1.29 is 0 Å². The first-order chi connectivity index (χ1) is 8.59. The van der Waals surface area contributed by atoms with Gasteiger partial charge in [0, 0.05) is 10.9 Å². The van der Waals surface area contributed by atoms with Crippen molar-refractivity contribution in [2.75, 3.05) is 6.54 Å². The second-order valence-electron chi connectivity index (χ2n) is 5.18. The molecule has 0 aromatic carbocycles. The second-order valence-corrected chi connectivity index (χ2v) is 6.12. The molecule has 2 nitrogen and oxygen atoms in total. The first kappa shape index (κ1) is 15.4. The van der Waals surface area contributed by atoms with Crippen LogP contribution < -0.4 is 5.32 Å². The number of nitrogens with one attached hydrogen (secondary N) is 1. The van der Waals surface area contributed by atoms with Crippen LogP contribution in [0.1, 0.15) is 50.6 Å². The van der Waals surface area contributed by atoms with E-state index in [0.717, 1.165) is 13.0 Å². The van der Waals surface area contributed by atoms with Gasteiger partial charge in [0.2, 0.25) is 0 Å². The van der Waals surface area contributed by atoms with Gasteiger partial charge in [0.1, 0.15) is 0 Å². The van der Waals surface area contributed by atoms with Crippen molar-refractivity contribution in [2.45, 2.75) is 59.4 Å². The van der Waals surface area contributed by atoms with Gasteiger partial charge in [-0.1, -0.05) is 11.6 Å². The molecule has 0 spiro atoms. The van der Waals surface area contributed by atoms with Crippen LogP contribution in [0.25, 0.3) is 0 Å². The van der Waals surface area contributed by atoms with Crippen LogP contribution in [0.5, 0.6) is 0 Å². The molecule has 0 fully saturated rings. The molecule has 1 unspecified atom stereocenters. The molecule has 18 heavy (non-hydrogen) atoms. The number of thiazole rings is 1. The smallest absolute Gasteiger partial charge is 0.0797 e. The molecule has 0 radical (unpaired) electrons. The average molecular weight is 266 g/mol. The van der Waals surface area contributed by atoms with Gasteiger partial charge in [-0.25, -0.2) is 4.98 Å². The summed E-state index contributed by atoms with van der Waals surface area (Å²) < 4.78 is 0. The lowest BCUT2D eigenvalue weighted by molar-refractivity contribution is 0.510. The van der Waals surface area contributed by atoms with Crippen LogP contribution in [0.15, 0.2) is 17.2 Å². The molecule has 0 aliphatic carbocycles. The van der Waals surface area contributed by atoms with Gasteiger partial charge in [-0.2, -0.15) is 0 Å². The minimum atomic E-state index is 0.614.